The van der Waals surface area contributed by atoms with Gasteiger partial charge < -0.3 is 28.5 Å². The van der Waals surface area contributed by atoms with Crippen LogP contribution in [0, 0.1) is 0 Å². The van der Waals surface area contributed by atoms with Gasteiger partial charge >= 0.3 is 5.97 Å². The van der Waals surface area contributed by atoms with Crippen molar-refractivity contribution >= 4 is 19.7 Å². The van der Waals surface area contributed by atoms with Crippen LogP contribution in [0.3, 0.4) is 0 Å². The number of hydrogen-bond donors (Lipinski definition) is 1. The van der Waals surface area contributed by atoms with E-state index in [1.165, 1.54) is 225 Å². The topological polar surface area (TPSA) is 114 Å². The molecule has 1 amide bonds. The first-order valence-corrected chi connectivity index (χ1v) is 35.9. The Labute approximate surface area is 497 Å². The third-order valence-corrected chi connectivity index (χ3v) is 16.4. The average molecular weight is 1150 g/mol. The molecule has 0 fully saturated rings. The van der Waals surface area contributed by atoms with E-state index in [9.17, 15) is 19.0 Å². The number of carbonyl (C=O) groups excluding carboxylic acids is 2. The number of nitrogens with one attached hydrogen (secondary N) is 1. The highest BCUT2D eigenvalue weighted by Crippen LogP contribution is 2.38. The number of allylic oxidation sites excluding steroid dienone is 7. The highest BCUT2D eigenvalue weighted by atomic mass is 31.2. The smallest absolute Gasteiger partial charge is 0.306 e. The SMILES string of the molecule is CCCCC/C=C\C/C=C\CCCCCCCCCCCCCCCCCC(=O)NC(COP(=O)([O-])OCC[N+](C)(C)C)C(/C=C\CCCCCCCCCCCC)OC(=O)CCCCCCCCC/C=C/CCCCCCCC. The maximum atomic E-state index is 13.6. The average Bonchev–Trinajstić information content (AvgIpc) is 3.42. The summed E-state index contributed by atoms with van der Waals surface area (Å²) in [6, 6.07) is -0.889. The number of unbranched alkanes of at least 4 members (excludes halogenated alkanes) is 41. The van der Waals surface area contributed by atoms with Crippen LogP contribution in [-0.2, 0) is 27.9 Å². The lowest BCUT2D eigenvalue weighted by atomic mass is 10.0. The molecule has 3 unspecified atom stereocenters. The van der Waals surface area contributed by atoms with Gasteiger partial charge in [0.2, 0.25) is 5.91 Å². The molecular weight excluding hydrogens is 1010 g/mol. The molecule has 0 aliphatic heterocycles. The molecule has 0 heterocycles. The summed E-state index contributed by atoms with van der Waals surface area (Å²) in [4.78, 5) is 40.1. The first kappa shape index (κ1) is 78.0. The molecule has 0 radical (unpaired) electrons. The van der Waals surface area contributed by atoms with Crippen molar-refractivity contribution in [3.63, 3.8) is 0 Å². The van der Waals surface area contributed by atoms with E-state index < -0.39 is 20.0 Å². The van der Waals surface area contributed by atoms with Gasteiger partial charge in [0, 0.05) is 12.8 Å². The molecule has 80 heavy (non-hydrogen) atoms. The van der Waals surface area contributed by atoms with Crippen molar-refractivity contribution in [2.75, 3.05) is 40.9 Å². The predicted octanol–water partition coefficient (Wildman–Crippen LogP) is 21.0. The fourth-order valence-electron chi connectivity index (χ4n) is 10.1. The Morgan fingerprint density at radius 3 is 1.16 bits per heavy atom. The van der Waals surface area contributed by atoms with Crippen molar-refractivity contribution in [3.8, 4) is 0 Å². The number of phosphoric acid groups is 1. The van der Waals surface area contributed by atoms with Crippen molar-refractivity contribution in [2.45, 2.75) is 348 Å². The fraction of sp³-hybridized carbons (Fsp3) is 0.857. The van der Waals surface area contributed by atoms with Crippen LogP contribution in [0.25, 0.3) is 0 Å². The second-order valence-electron chi connectivity index (χ2n) is 24.7. The second-order valence-corrected chi connectivity index (χ2v) is 26.1. The minimum Gasteiger partial charge on any atom is -0.756 e. The zero-order valence-electron chi connectivity index (χ0n) is 53.8. The van der Waals surface area contributed by atoms with Crippen LogP contribution in [0.5, 0.6) is 0 Å². The number of nitrogens with zero attached hydrogens (tertiary/aromatic N) is 1. The zero-order chi connectivity index (χ0) is 58.6. The molecule has 0 aromatic heterocycles. The van der Waals surface area contributed by atoms with Crippen LogP contribution in [0.2, 0.25) is 0 Å². The summed E-state index contributed by atoms with van der Waals surface area (Å²) in [6.45, 7) is 6.85. The van der Waals surface area contributed by atoms with E-state index in [4.69, 9.17) is 13.8 Å². The lowest BCUT2D eigenvalue weighted by molar-refractivity contribution is -0.870. The van der Waals surface area contributed by atoms with Gasteiger partial charge in [-0.1, -0.05) is 282 Å². The number of amides is 1. The number of phosphoric ester groups is 1. The van der Waals surface area contributed by atoms with E-state index in [2.05, 4.69) is 62.5 Å². The van der Waals surface area contributed by atoms with Gasteiger partial charge in [-0.25, -0.2) is 0 Å². The third kappa shape index (κ3) is 60.6. The van der Waals surface area contributed by atoms with E-state index in [-0.39, 0.29) is 31.5 Å². The number of quaternary nitrogens is 1. The Balaban J connectivity index is 5.06. The molecule has 0 aromatic carbocycles. The van der Waals surface area contributed by atoms with Crippen LogP contribution < -0.4 is 10.2 Å². The minimum atomic E-state index is -4.70. The standard InChI is InChI=1S/C70H133N2O7P/c1-7-10-13-16-19-22-25-28-30-32-33-34-35-36-37-38-39-41-42-44-47-50-53-56-59-62-69(73)71-67(66-78-80(75,76)77-65-64-72(4,5)6)68(61-58-55-52-49-46-27-24-21-18-15-12-9-3)79-70(74)63-60-57-54-51-48-45-43-40-31-29-26-23-20-17-14-11-8-2/h19,22,28-31,58,61,67-68H,7-18,20-21,23-27,32-57,59-60,62-66H2,1-6H3,(H-,71,73,75,76)/b22-19-,30-28-,31-29+,61-58-. The highest BCUT2D eigenvalue weighted by Gasteiger charge is 2.27. The Hall–Kier alpha value is -2.03. The predicted molar refractivity (Wildman–Crippen MR) is 344 cm³/mol. The first-order valence-electron chi connectivity index (χ1n) is 34.4. The summed E-state index contributed by atoms with van der Waals surface area (Å²) in [6.07, 6.45) is 75.1. The maximum Gasteiger partial charge on any atom is 0.306 e. The van der Waals surface area contributed by atoms with Gasteiger partial charge in [0.1, 0.15) is 19.3 Å². The molecule has 0 rings (SSSR count). The quantitative estimate of drug-likeness (QED) is 0.0212. The number of ether oxygens (including phenoxy) is 1. The van der Waals surface area contributed by atoms with Crippen LogP contribution >= 0.6 is 7.82 Å². The number of rotatable bonds is 63. The third-order valence-electron chi connectivity index (χ3n) is 15.5. The number of hydrogen-bond acceptors (Lipinski definition) is 7. The molecule has 0 bridgehead atoms. The second kappa shape index (κ2) is 60.1. The molecule has 0 aliphatic rings. The van der Waals surface area contributed by atoms with Gasteiger partial charge in [-0.15, -0.1) is 0 Å². The monoisotopic (exact) mass is 1140 g/mol. The molecule has 0 saturated carbocycles. The Bertz CT molecular complexity index is 1510. The van der Waals surface area contributed by atoms with Crippen LogP contribution in [0.15, 0.2) is 48.6 Å². The molecule has 9 nitrogen and oxygen atoms in total. The van der Waals surface area contributed by atoms with Gasteiger partial charge in [0.25, 0.3) is 7.82 Å². The van der Waals surface area contributed by atoms with Crippen LogP contribution in [0.1, 0.15) is 335 Å². The summed E-state index contributed by atoms with van der Waals surface area (Å²) < 4.78 is 30.4. The Morgan fingerprint density at radius 2 is 0.762 bits per heavy atom. The van der Waals surface area contributed by atoms with E-state index >= 15 is 0 Å². The largest absolute Gasteiger partial charge is 0.756 e. The lowest BCUT2D eigenvalue weighted by Crippen LogP contribution is -2.47. The Morgan fingerprint density at radius 1 is 0.438 bits per heavy atom. The van der Waals surface area contributed by atoms with Crippen molar-refractivity contribution in [1.29, 1.82) is 0 Å². The lowest BCUT2D eigenvalue weighted by Gasteiger charge is -2.30. The minimum absolute atomic E-state index is 0.0217. The molecular formula is C70H133N2O7P. The van der Waals surface area contributed by atoms with Gasteiger partial charge in [0.15, 0.2) is 0 Å². The summed E-state index contributed by atoms with van der Waals surface area (Å²) in [5.74, 6) is -0.533. The van der Waals surface area contributed by atoms with Gasteiger partial charge in [0.05, 0.1) is 33.8 Å². The van der Waals surface area contributed by atoms with Gasteiger partial charge in [-0.2, -0.15) is 0 Å². The molecule has 10 heteroatoms. The van der Waals surface area contributed by atoms with E-state index in [0.29, 0.717) is 17.4 Å². The van der Waals surface area contributed by atoms with Crippen molar-refractivity contribution in [3.05, 3.63) is 48.6 Å². The van der Waals surface area contributed by atoms with Gasteiger partial charge in [-0.05, 0) is 89.5 Å². The molecule has 0 spiro atoms. The summed E-state index contributed by atoms with van der Waals surface area (Å²) in [7, 11) is 1.19. The summed E-state index contributed by atoms with van der Waals surface area (Å²) >= 11 is 0. The molecule has 0 aliphatic carbocycles. The van der Waals surface area contributed by atoms with E-state index in [0.717, 1.165) is 77.0 Å². The molecule has 0 aromatic rings. The van der Waals surface area contributed by atoms with Crippen molar-refractivity contribution < 1.29 is 37.3 Å². The molecule has 1 N–H and O–H groups in total. The normalized spacial score (nSPS) is 13.8. The first-order chi connectivity index (χ1) is 38.9. The molecule has 470 valence electrons. The Kier molecular flexibility index (Phi) is 58.6. The van der Waals surface area contributed by atoms with E-state index in [1.54, 1.807) is 0 Å². The number of likely N-dealkylation sites (N-methyl/N-ethyl adjacent to an activating group) is 1. The summed E-state index contributed by atoms with van der Waals surface area (Å²) in [5.41, 5.74) is 0. The molecule has 3 atom stereocenters. The fourth-order valence-corrected chi connectivity index (χ4v) is 10.9. The van der Waals surface area contributed by atoms with Crippen LogP contribution in [0.4, 0.5) is 0 Å². The van der Waals surface area contributed by atoms with Crippen LogP contribution in [-0.4, -0.2) is 69.4 Å². The van der Waals surface area contributed by atoms with E-state index in [1.807, 2.05) is 33.3 Å². The maximum absolute atomic E-state index is 13.6. The van der Waals surface area contributed by atoms with Crippen molar-refractivity contribution in [2.24, 2.45) is 0 Å². The number of esters is 1. The number of carbonyl (C=O) groups is 2. The van der Waals surface area contributed by atoms with Crippen molar-refractivity contribution in [1.82, 2.24) is 5.32 Å². The zero-order valence-corrected chi connectivity index (χ0v) is 54.7. The van der Waals surface area contributed by atoms with Gasteiger partial charge in [-0.3, -0.25) is 14.2 Å². The highest BCUT2D eigenvalue weighted by molar-refractivity contribution is 7.45. The summed E-state index contributed by atoms with van der Waals surface area (Å²) in [5, 5.41) is 3.04. The molecule has 0 saturated heterocycles.